The fourth-order valence-electron chi connectivity index (χ4n) is 1.53. The third-order valence-electron chi connectivity index (χ3n) is 2.30. The number of hydrogen-bond donors (Lipinski definition) is 1. The lowest BCUT2D eigenvalue weighted by molar-refractivity contribution is -0.115. The molecule has 0 radical (unpaired) electrons. The molecule has 0 aliphatic carbocycles. The van der Waals surface area contributed by atoms with E-state index in [1.54, 1.807) is 6.07 Å². The zero-order valence-electron chi connectivity index (χ0n) is 9.80. The number of rotatable bonds is 3. The van der Waals surface area contributed by atoms with Crippen LogP contribution >= 0.6 is 11.5 Å². The first-order chi connectivity index (χ1) is 8.69. The predicted octanol–water partition coefficient (Wildman–Crippen LogP) is 2.97. The normalized spacial score (nSPS) is 9.78. The van der Waals surface area contributed by atoms with Crippen LogP contribution in [0.4, 0.5) is 5.69 Å². The van der Waals surface area contributed by atoms with Crippen LogP contribution in [0.15, 0.2) is 30.3 Å². The van der Waals surface area contributed by atoms with Crippen molar-refractivity contribution in [2.24, 2.45) is 0 Å². The third-order valence-corrected chi connectivity index (χ3v) is 3.23. The first-order valence-corrected chi connectivity index (χ1v) is 6.17. The summed E-state index contributed by atoms with van der Waals surface area (Å²) >= 11 is 1.43. The summed E-state index contributed by atoms with van der Waals surface area (Å²) in [5.41, 5.74) is 2.68. The summed E-state index contributed by atoms with van der Waals surface area (Å²) in [6, 6.07) is 11.3. The van der Waals surface area contributed by atoms with Crippen LogP contribution in [0.3, 0.4) is 0 Å². The van der Waals surface area contributed by atoms with Crippen LogP contribution in [0, 0.1) is 18.3 Å². The highest BCUT2D eigenvalue weighted by molar-refractivity contribution is 7.09. The molecule has 18 heavy (non-hydrogen) atoms. The summed E-state index contributed by atoms with van der Waals surface area (Å²) in [6.07, 6.45) is -0.135. The largest absolute Gasteiger partial charge is 0.325 e. The Balaban J connectivity index is 2.20. The Hall–Kier alpha value is -2.19. The van der Waals surface area contributed by atoms with E-state index < -0.39 is 0 Å². The van der Waals surface area contributed by atoms with Crippen molar-refractivity contribution in [2.75, 3.05) is 5.32 Å². The molecule has 0 atom stereocenters. The van der Waals surface area contributed by atoms with Crippen molar-refractivity contribution in [3.05, 3.63) is 36.0 Å². The quantitative estimate of drug-likeness (QED) is 0.919. The summed E-state index contributed by atoms with van der Waals surface area (Å²) in [7, 11) is 0. The van der Waals surface area contributed by atoms with Gasteiger partial charge in [0.2, 0.25) is 5.91 Å². The number of nitrogens with one attached hydrogen (secondary N) is 1. The molecule has 0 spiro atoms. The molecule has 0 unspecified atom stereocenters. The van der Waals surface area contributed by atoms with Crippen LogP contribution in [-0.2, 0) is 4.79 Å². The van der Waals surface area contributed by atoms with Crippen molar-refractivity contribution in [2.45, 2.75) is 13.3 Å². The average Bonchev–Trinajstić information content (AvgIpc) is 2.76. The van der Waals surface area contributed by atoms with Crippen LogP contribution in [0.25, 0.3) is 10.4 Å². The SMILES string of the molecule is Cc1cc(-c2cccc(NC(=O)CC#N)c2)sn1. The minimum Gasteiger partial charge on any atom is -0.325 e. The van der Waals surface area contributed by atoms with Gasteiger partial charge in [0.05, 0.1) is 16.6 Å². The molecule has 0 bridgehead atoms. The van der Waals surface area contributed by atoms with Gasteiger partial charge in [-0.1, -0.05) is 12.1 Å². The first kappa shape index (κ1) is 12.3. The van der Waals surface area contributed by atoms with E-state index in [9.17, 15) is 4.79 Å². The number of hydrogen-bond acceptors (Lipinski definition) is 4. The number of anilines is 1. The molecule has 1 aromatic carbocycles. The maximum atomic E-state index is 11.3. The van der Waals surface area contributed by atoms with Gasteiger partial charge in [-0.15, -0.1) is 0 Å². The van der Waals surface area contributed by atoms with Crippen molar-refractivity contribution in [3.63, 3.8) is 0 Å². The fourth-order valence-corrected chi connectivity index (χ4v) is 2.28. The number of nitriles is 1. The number of carbonyl (C=O) groups is 1. The predicted molar refractivity (Wildman–Crippen MR) is 71.1 cm³/mol. The van der Waals surface area contributed by atoms with Crippen LogP contribution in [0.2, 0.25) is 0 Å². The second-order valence-electron chi connectivity index (χ2n) is 3.80. The van der Waals surface area contributed by atoms with E-state index in [-0.39, 0.29) is 12.3 Å². The number of nitrogens with zero attached hydrogens (tertiary/aromatic N) is 2. The summed E-state index contributed by atoms with van der Waals surface area (Å²) in [4.78, 5) is 12.4. The van der Waals surface area contributed by atoms with E-state index >= 15 is 0 Å². The van der Waals surface area contributed by atoms with Gasteiger partial charge >= 0.3 is 0 Å². The van der Waals surface area contributed by atoms with Gasteiger partial charge in [0.15, 0.2) is 0 Å². The summed E-state index contributed by atoms with van der Waals surface area (Å²) < 4.78 is 4.22. The fraction of sp³-hybridized carbons (Fsp3) is 0.154. The van der Waals surface area contributed by atoms with Crippen molar-refractivity contribution < 1.29 is 4.79 Å². The van der Waals surface area contributed by atoms with Gasteiger partial charge in [0, 0.05) is 5.69 Å². The van der Waals surface area contributed by atoms with Crippen molar-refractivity contribution in [3.8, 4) is 16.5 Å². The minimum absolute atomic E-state index is 0.135. The van der Waals surface area contributed by atoms with Gasteiger partial charge in [-0.05, 0) is 42.2 Å². The Kier molecular flexibility index (Phi) is 3.70. The third kappa shape index (κ3) is 2.93. The number of benzene rings is 1. The van der Waals surface area contributed by atoms with Gasteiger partial charge in [0.1, 0.15) is 6.42 Å². The summed E-state index contributed by atoms with van der Waals surface area (Å²) in [5, 5.41) is 11.1. The molecule has 1 aromatic heterocycles. The lowest BCUT2D eigenvalue weighted by atomic mass is 10.1. The molecule has 1 heterocycles. The highest BCUT2D eigenvalue weighted by atomic mass is 32.1. The standard InChI is InChI=1S/C13H11N3OS/c1-9-7-12(18-16-9)10-3-2-4-11(8-10)15-13(17)5-6-14/h2-4,7-8H,5H2,1H3,(H,15,17). The molecule has 0 aliphatic heterocycles. The zero-order valence-corrected chi connectivity index (χ0v) is 10.6. The molecule has 1 N–H and O–H groups in total. The van der Waals surface area contributed by atoms with Crippen LogP contribution in [-0.4, -0.2) is 10.3 Å². The molecule has 0 saturated carbocycles. The van der Waals surface area contributed by atoms with E-state index in [0.717, 1.165) is 16.1 Å². The smallest absolute Gasteiger partial charge is 0.238 e. The number of amides is 1. The molecular weight excluding hydrogens is 246 g/mol. The Labute approximate surface area is 109 Å². The first-order valence-electron chi connectivity index (χ1n) is 5.39. The van der Waals surface area contributed by atoms with E-state index in [2.05, 4.69) is 9.69 Å². The lowest BCUT2D eigenvalue weighted by Crippen LogP contribution is -2.09. The molecule has 2 aromatic rings. The monoisotopic (exact) mass is 257 g/mol. The molecule has 4 nitrogen and oxygen atoms in total. The maximum absolute atomic E-state index is 11.3. The zero-order chi connectivity index (χ0) is 13.0. The van der Waals surface area contributed by atoms with Crippen molar-refractivity contribution >= 4 is 23.1 Å². The Morgan fingerprint density at radius 1 is 1.50 bits per heavy atom. The lowest BCUT2D eigenvalue weighted by Gasteiger charge is -2.04. The molecule has 0 aliphatic rings. The number of carbonyl (C=O) groups excluding carboxylic acids is 1. The van der Waals surface area contributed by atoms with Crippen LogP contribution in [0.1, 0.15) is 12.1 Å². The van der Waals surface area contributed by atoms with E-state index in [1.165, 1.54) is 11.5 Å². The Morgan fingerprint density at radius 3 is 3.00 bits per heavy atom. The molecular formula is C13H11N3OS. The van der Waals surface area contributed by atoms with E-state index in [1.807, 2.05) is 37.3 Å². The van der Waals surface area contributed by atoms with Gasteiger partial charge < -0.3 is 5.32 Å². The second kappa shape index (κ2) is 5.43. The van der Waals surface area contributed by atoms with E-state index in [0.29, 0.717) is 5.69 Å². The molecule has 90 valence electrons. The number of aromatic nitrogens is 1. The van der Waals surface area contributed by atoms with Gasteiger partial charge in [-0.2, -0.15) is 9.64 Å². The van der Waals surface area contributed by atoms with E-state index in [4.69, 9.17) is 5.26 Å². The second-order valence-corrected chi connectivity index (χ2v) is 4.60. The molecule has 2 rings (SSSR count). The molecule has 1 amide bonds. The van der Waals surface area contributed by atoms with Gasteiger partial charge in [-0.25, -0.2) is 0 Å². The maximum Gasteiger partial charge on any atom is 0.238 e. The number of aryl methyl sites for hydroxylation is 1. The summed E-state index contributed by atoms with van der Waals surface area (Å²) in [6.45, 7) is 1.94. The topological polar surface area (TPSA) is 65.8 Å². The van der Waals surface area contributed by atoms with Crippen molar-refractivity contribution in [1.29, 1.82) is 5.26 Å². The highest BCUT2D eigenvalue weighted by Gasteiger charge is 2.05. The Bertz CT molecular complexity index is 613. The minimum atomic E-state index is -0.296. The average molecular weight is 257 g/mol. The molecule has 0 saturated heterocycles. The van der Waals surface area contributed by atoms with Gasteiger partial charge in [0.25, 0.3) is 0 Å². The van der Waals surface area contributed by atoms with Crippen molar-refractivity contribution in [1.82, 2.24) is 4.37 Å². The van der Waals surface area contributed by atoms with Gasteiger partial charge in [-0.3, -0.25) is 4.79 Å². The van der Waals surface area contributed by atoms with Crippen LogP contribution < -0.4 is 5.32 Å². The highest BCUT2D eigenvalue weighted by Crippen LogP contribution is 2.26. The Morgan fingerprint density at radius 2 is 2.33 bits per heavy atom. The summed E-state index contributed by atoms with van der Waals surface area (Å²) in [5.74, 6) is -0.296. The molecule has 5 heteroatoms. The molecule has 0 fully saturated rings. The van der Waals surface area contributed by atoms with Crippen LogP contribution in [0.5, 0.6) is 0 Å².